The third kappa shape index (κ3) is 6.38. The van der Waals surface area contributed by atoms with Gasteiger partial charge < -0.3 is 19.1 Å². The molecule has 2 aromatic carbocycles. The molecule has 0 saturated carbocycles. The van der Waals surface area contributed by atoms with E-state index < -0.39 is 11.7 Å². The van der Waals surface area contributed by atoms with Crippen LogP contribution in [0.1, 0.15) is 39.7 Å². The molecule has 0 radical (unpaired) electrons. The SMILES string of the molecule is CCc1ccc(OCCCN2C(=O)COc3ccc(NC(=O)OC(C)(C)C)cc32)cc1. The number of fused-ring (bicyclic) bond motifs is 1. The quantitative estimate of drug-likeness (QED) is 0.644. The minimum Gasteiger partial charge on any atom is -0.494 e. The van der Waals surface area contributed by atoms with Gasteiger partial charge in [-0.1, -0.05) is 19.1 Å². The Balaban J connectivity index is 1.61. The molecule has 1 heterocycles. The first-order valence-corrected chi connectivity index (χ1v) is 10.5. The van der Waals surface area contributed by atoms with Crippen LogP contribution in [0, 0.1) is 0 Å². The van der Waals surface area contributed by atoms with Crippen molar-refractivity contribution in [2.45, 2.75) is 46.1 Å². The molecule has 0 bridgehead atoms. The van der Waals surface area contributed by atoms with Gasteiger partial charge in [-0.15, -0.1) is 0 Å². The van der Waals surface area contributed by atoms with E-state index in [2.05, 4.69) is 24.4 Å². The largest absolute Gasteiger partial charge is 0.494 e. The van der Waals surface area contributed by atoms with Gasteiger partial charge in [-0.3, -0.25) is 10.1 Å². The van der Waals surface area contributed by atoms with E-state index in [1.807, 2.05) is 12.1 Å². The van der Waals surface area contributed by atoms with Crippen LogP contribution in [-0.4, -0.2) is 37.4 Å². The first kappa shape index (κ1) is 22.5. The standard InChI is InChI=1S/C24H30N2O5/c1-5-17-7-10-19(11-8-17)29-14-6-13-26-20-15-18(25-23(28)31-24(2,3)4)9-12-21(20)30-16-22(26)27/h7-12,15H,5-6,13-14,16H2,1-4H3,(H,25,28). The van der Waals surface area contributed by atoms with Gasteiger partial charge in [-0.05, 0) is 69.5 Å². The van der Waals surface area contributed by atoms with Gasteiger partial charge in [0.1, 0.15) is 17.1 Å². The maximum Gasteiger partial charge on any atom is 0.412 e. The number of hydrogen-bond acceptors (Lipinski definition) is 5. The number of carbonyl (C=O) groups is 2. The molecule has 7 nitrogen and oxygen atoms in total. The Morgan fingerprint density at radius 1 is 1.16 bits per heavy atom. The zero-order valence-electron chi connectivity index (χ0n) is 18.6. The highest BCUT2D eigenvalue weighted by atomic mass is 16.6. The summed E-state index contributed by atoms with van der Waals surface area (Å²) in [5, 5.41) is 2.70. The molecule has 0 aromatic heterocycles. The van der Waals surface area contributed by atoms with Gasteiger partial charge >= 0.3 is 6.09 Å². The fourth-order valence-corrected chi connectivity index (χ4v) is 3.18. The lowest BCUT2D eigenvalue weighted by Crippen LogP contribution is -2.40. The Hall–Kier alpha value is -3.22. The molecule has 3 rings (SSSR count). The van der Waals surface area contributed by atoms with Gasteiger partial charge in [0.25, 0.3) is 5.91 Å². The highest BCUT2D eigenvalue weighted by Crippen LogP contribution is 2.34. The average Bonchev–Trinajstić information content (AvgIpc) is 2.71. The summed E-state index contributed by atoms with van der Waals surface area (Å²) in [7, 11) is 0. The van der Waals surface area contributed by atoms with Crippen molar-refractivity contribution in [3.8, 4) is 11.5 Å². The molecule has 0 spiro atoms. The Morgan fingerprint density at radius 2 is 1.90 bits per heavy atom. The lowest BCUT2D eigenvalue weighted by molar-refractivity contribution is -0.121. The van der Waals surface area contributed by atoms with Gasteiger partial charge in [0.15, 0.2) is 6.61 Å². The molecule has 1 aliphatic rings. The van der Waals surface area contributed by atoms with Crippen molar-refractivity contribution in [2.24, 2.45) is 0 Å². The second-order valence-electron chi connectivity index (χ2n) is 8.34. The minimum atomic E-state index is -0.597. The highest BCUT2D eigenvalue weighted by molar-refractivity contribution is 5.99. The van der Waals surface area contributed by atoms with Crippen LogP contribution in [0.2, 0.25) is 0 Å². The fourth-order valence-electron chi connectivity index (χ4n) is 3.18. The van der Waals surface area contributed by atoms with Crippen LogP contribution in [-0.2, 0) is 16.0 Å². The number of ether oxygens (including phenoxy) is 3. The number of nitrogens with one attached hydrogen (secondary N) is 1. The topological polar surface area (TPSA) is 77.1 Å². The summed E-state index contributed by atoms with van der Waals surface area (Å²) in [6.07, 6.45) is 1.10. The van der Waals surface area contributed by atoms with Crippen LogP contribution < -0.4 is 19.7 Å². The van der Waals surface area contributed by atoms with Crippen LogP contribution in [0.5, 0.6) is 11.5 Å². The third-order valence-corrected chi connectivity index (χ3v) is 4.67. The van der Waals surface area contributed by atoms with E-state index in [9.17, 15) is 9.59 Å². The van der Waals surface area contributed by atoms with E-state index >= 15 is 0 Å². The van der Waals surface area contributed by atoms with Gasteiger partial charge in [0.2, 0.25) is 0 Å². The summed E-state index contributed by atoms with van der Waals surface area (Å²) >= 11 is 0. The monoisotopic (exact) mass is 426 g/mol. The molecule has 2 amide bonds. The van der Waals surface area contributed by atoms with E-state index in [-0.39, 0.29) is 12.5 Å². The second kappa shape index (κ2) is 9.73. The molecule has 0 saturated heterocycles. The average molecular weight is 427 g/mol. The third-order valence-electron chi connectivity index (χ3n) is 4.67. The Kier molecular flexibility index (Phi) is 7.05. The smallest absolute Gasteiger partial charge is 0.412 e. The van der Waals surface area contributed by atoms with Crippen LogP contribution in [0.4, 0.5) is 16.2 Å². The van der Waals surface area contributed by atoms with E-state index in [0.29, 0.717) is 36.7 Å². The Morgan fingerprint density at radius 3 is 2.58 bits per heavy atom. The molecule has 1 N–H and O–H groups in total. The summed E-state index contributed by atoms with van der Waals surface area (Å²) in [6, 6.07) is 13.2. The predicted octanol–water partition coefficient (Wildman–Crippen LogP) is 4.79. The molecule has 0 aliphatic carbocycles. The predicted molar refractivity (Wildman–Crippen MR) is 120 cm³/mol. The van der Waals surface area contributed by atoms with Crippen LogP contribution in [0.25, 0.3) is 0 Å². The molecule has 0 unspecified atom stereocenters. The summed E-state index contributed by atoms with van der Waals surface area (Å²) in [6.45, 7) is 8.47. The number of carbonyl (C=O) groups excluding carboxylic acids is 2. The molecule has 0 fully saturated rings. The van der Waals surface area contributed by atoms with Crippen molar-refractivity contribution in [2.75, 3.05) is 30.0 Å². The molecule has 2 aromatic rings. The maximum absolute atomic E-state index is 12.5. The Labute approximate surface area is 183 Å². The summed E-state index contributed by atoms with van der Waals surface area (Å²) < 4.78 is 16.6. The van der Waals surface area contributed by atoms with Crippen molar-refractivity contribution in [3.63, 3.8) is 0 Å². The molecule has 31 heavy (non-hydrogen) atoms. The van der Waals surface area contributed by atoms with Crippen LogP contribution >= 0.6 is 0 Å². The van der Waals surface area contributed by atoms with Gasteiger partial charge in [0, 0.05) is 12.2 Å². The van der Waals surface area contributed by atoms with E-state index in [1.165, 1.54) is 5.56 Å². The van der Waals surface area contributed by atoms with E-state index in [4.69, 9.17) is 14.2 Å². The lowest BCUT2D eigenvalue weighted by atomic mass is 10.2. The van der Waals surface area contributed by atoms with E-state index in [1.54, 1.807) is 43.9 Å². The first-order chi connectivity index (χ1) is 14.7. The maximum atomic E-state index is 12.5. The van der Waals surface area contributed by atoms with Crippen molar-refractivity contribution in [1.82, 2.24) is 0 Å². The molecular formula is C24H30N2O5. The zero-order valence-corrected chi connectivity index (χ0v) is 18.6. The summed E-state index contributed by atoms with van der Waals surface area (Å²) in [5.74, 6) is 1.29. The minimum absolute atomic E-state index is 0.00875. The second-order valence-corrected chi connectivity index (χ2v) is 8.34. The zero-order chi connectivity index (χ0) is 22.4. The van der Waals surface area contributed by atoms with Crippen LogP contribution in [0.3, 0.4) is 0 Å². The molecule has 7 heteroatoms. The van der Waals surface area contributed by atoms with Gasteiger partial charge in [-0.25, -0.2) is 4.79 Å². The first-order valence-electron chi connectivity index (χ1n) is 10.5. The molecule has 0 atom stereocenters. The summed E-state index contributed by atoms with van der Waals surface area (Å²) in [5.41, 5.74) is 1.82. The number of rotatable bonds is 7. The van der Waals surface area contributed by atoms with Gasteiger partial charge in [-0.2, -0.15) is 0 Å². The van der Waals surface area contributed by atoms with E-state index in [0.717, 1.165) is 12.2 Å². The van der Waals surface area contributed by atoms with Crippen molar-refractivity contribution >= 4 is 23.4 Å². The molecule has 166 valence electrons. The number of aryl methyl sites for hydroxylation is 1. The molecular weight excluding hydrogens is 396 g/mol. The van der Waals surface area contributed by atoms with Crippen LogP contribution in [0.15, 0.2) is 42.5 Å². The lowest BCUT2D eigenvalue weighted by Gasteiger charge is -2.30. The summed E-state index contributed by atoms with van der Waals surface area (Å²) in [4.78, 5) is 26.2. The van der Waals surface area contributed by atoms with Crippen molar-refractivity contribution in [3.05, 3.63) is 48.0 Å². The fraction of sp³-hybridized carbons (Fsp3) is 0.417. The normalized spacial score (nSPS) is 13.3. The Bertz CT molecular complexity index is 919. The van der Waals surface area contributed by atoms with Crippen molar-refractivity contribution in [1.29, 1.82) is 0 Å². The number of hydrogen-bond donors (Lipinski definition) is 1. The number of benzene rings is 2. The number of nitrogens with zero attached hydrogens (tertiary/aromatic N) is 1. The highest BCUT2D eigenvalue weighted by Gasteiger charge is 2.26. The van der Waals surface area contributed by atoms with Gasteiger partial charge in [0.05, 0.1) is 12.3 Å². The number of amides is 2. The molecule has 1 aliphatic heterocycles. The number of anilines is 2. The van der Waals surface area contributed by atoms with Crippen molar-refractivity contribution < 1.29 is 23.8 Å².